The molecule has 18 heavy (non-hydrogen) atoms. The van der Waals surface area contributed by atoms with Crippen molar-refractivity contribution in [3.05, 3.63) is 0 Å². The molecule has 6 nitrogen and oxygen atoms in total. The first kappa shape index (κ1) is 13.1. The van der Waals surface area contributed by atoms with Crippen LogP contribution in [0.5, 0.6) is 0 Å². The zero-order valence-corrected chi connectivity index (χ0v) is 10.8. The summed E-state index contributed by atoms with van der Waals surface area (Å²) in [7, 11) is 1.79. The van der Waals surface area contributed by atoms with Crippen molar-refractivity contribution in [1.82, 2.24) is 9.80 Å². The highest BCUT2D eigenvalue weighted by Gasteiger charge is 2.36. The minimum absolute atomic E-state index is 0.0936. The number of hydrogen-bond donors (Lipinski definition) is 1. The van der Waals surface area contributed by atoms with E-state index in [0.717, 1.165) is 0 Å². The van der Waals surface area contributed by atoms with Crippen LogP contribution in [-0.2, 0) is 9.53 Å². The third-order valence-electron chi connectivity index (χ3n) is 3.83. The summed E-state index contributed by atoms with van der Waals surface area (Å²) in [5.41, 5.74) is 0. The second-order valence-electron chi connectivity index (χ2n) is 5.12. The molecule has 2 unspecified atom stereocenters. The van der Waals surface area contributed by atoms with Gasteiger partial charge >= 0.3 is 12.0 Å². The third kappa shape index (κ3) is 2.75. The number of amides is 2. The van der Waals surface area contributed by atoms with E-state index in [9.17, 15) is 9.59 Å². The van der Waals surface area contributed by atoms with Gasteiger partial charge in [-0.25, -0.2) is 9.59 Å². The van der Waals surface area contributed by atoms with Crippen molar-refractivity contribution in [2.75, 3.05) is 26.7 Å². The van der Waals surface area contributed by atoms with Gasteiger partial charge in [-0.1, -0.05) is 0 Å². The van der Waals surface area contributed by atoms with E-state index in [2.05, 4.69) is 0 Å². The van der Waals surface area contributed by atoms with Gasteiger partial charge in [-0.05, 0) is 25.7 Å². The Bertz CT molecular complexity index is 343. The molecule has 2 rings (SSSR count). The van der Waals surface area contributed by atoms with E-state index in [1.165, 1.54) is 12.8 Å². The van der Waals surface area contributed by atoms with Gasteiger partial charge in [0.25, 0.3) is 0 Å². The topological polar surface area (TPSA) is 70.1 Å². The zero-order chi connectivity index (χ0) is 13.3. The van der Waals surface area contributed by atoms with E-state index in [1.54, 1.807) is 16.8 Å². The first-order chi connectivity index (χ1) is 8.50. The first-order valence-corrected chi connectivity index (χ1v) is 6.37. The van der Waals surface area contributed by atoms with Crippen LogP contribution in [0.3, 0.4) is 0 Å². The molecule has 2 atom stereocenters. The van der Waals surface area contributed by atoms with E-state index in [0.29, 0.717) is 12.5 Å². The number of ether oxygens (including phenoxy) is 1. The third-order valence-corrected chi connectivity index (χ3v) is 3.83. The van der Waals surface area contributed by atoms with Gasteiger partial charge in [0, 0.05) is 19.6 Å². The lowest BCUT2D eigenvalue weighted by Gasteiger charge is -2.36. The van der Waals surface area contributed by atoms with Crippen LogP contribution in [0.15, 0.2) is 0 Å². The summed E-state index contributed by atoms with van der Waals surface area (Å²) in [5, 5.41) is 8.91. The fraction of sp³-hybridized carbons (Fsp3) is 0.833. The summed E-state index contributed by atoms with van der Waals surface area (Å²) < 4.78 is 5.11. The Labute approximate surface area is 106 Å². The molecule has 2 amide bonds. The minimum atomic E-state index is -1.01. The molecular weight excluding hydrogens is 236 g/mol. The Kier molecular flexibility index (Phi) is 3.75. The molecule has 102 valence electrons. The first-order valence-electron chi connectivity index (χ1n) is 6.37. The highest BCUT2D eigenvalue weighted by atomic mass is 16.5. The number of rotatable bonds is 3. The number of aliphatic carboxylic acids is 1. The predicted octanol–water partition coefficient (Wildman–Crippen LogP) is 0.622. The number of carboxylic acids is 1. The van der Waals surface area contributed by atoms with Gasteiger partial charge in [0.2, 0.25) is 0 Å². The lowest BCUT2D eigenvalue weighted by molar-refractivity contribution is -0.154. The fourth-order valence-electron chi connectivity index (χ4n) is 2.26. The Hall–Kier alpha value is -1.30. The van der Waals surface area contributed by atoms with Crippen molar-refractivity contribution in [3.8, 4) is 0 Å². The number of carbonyl (C=O) groups excluding carboxylic acids is 1. The molecule has 1 N–H and O–H groups in total. The predicted molar refractivity (Wildman–Crippen MR) is 64.3 cm³/mol. The van der Waals surface area contributed by atoms with Crippen LogP contribution in [0.25, 0.3) is 0 Å². The monoisotopic (exact) mass is 256 g/mol. The van der Waals surface area contributed by atoms with Gasteiger partial charge < -0.3 is 19.6 Å². The quantitative estimate of drug-likeness (QED) is 0.803. The molecule has 0 aromatic rings. The minimum Gasteiger partial charge on any atom is -0.479 e. The van der Waals surface area contributed by atoms with Crippen LogP contribution in [0.1, 0.15) is 19.8 Å². The molecule has 1 aliphatic heterocycles. The molecular formula is C12H20N2O4. The van der Waals surface area contributed by atoms with E-state index in [-0.39, 0.29) is 25.2 Å². The molecule has 0 spiro atoms. The Morgan fingerprint density at radius 1 is 1.44 bits per heavy atom. The summed E-state index contributed by atoms with van der Waals surface area (Å²) in [6.45, 7) is 2.93. The van der Waals surface area contributed by atoms with E-state index in [1.807, 2.05) is 6.92 Å². The SMILES string of the molecule is CC(C1CC1)N(C)C(=O)N1CCOC(C(=O)O)C1. The van der Waals surface area contributed by atoms with Crippen LogP contribution in [0, 0.1) is 5.92 Å². The molecule has 1 aliphatic carbocycles. The molecule has 1 saturated heterocycles. The Morgan fingerprint density at radius 2 is 2.11 bits per heavy atom. The van der Waals surface area contributed by atoms with Gasteiger partial charge in [-0.2, -0.15) is 0 Å². The van der Waals surface area contributed by atoms with Crippen molar-refractivity contribution in [2.24, 2.45) is 5.92 Å². The number of nitrogens with zero attached hydrogens (tertiary/aromatic N) is 2. The summed E-state index contributed by atoms with van der Waals surface area (Å²) in [6.07, 6.45) is 1.46. The Balaban J connectivity index is 1.93. The average molecular weight is 256 g/mol. The van der Waals surface area contributed by atoms with Crippen molar-refractivity contribution < 1.29 is 19.4 Å². The molecule has 0 bridgehead atoms. The zero-order valence-electron chi connectivity index (χ0n) is 10.8. The number of carbonyl (C=O) groups is 2. The smallest absolute Gasteiger partial charge is 0.334 e. The maximum Gasteiger partial charge on any atom is 0.334 e. The van der Waals surface area contributed by atoms with Crippen LogP contribution in [0.2, 0.25) is 0 Å². The van der Waals surface area contributed by atoms with Crippen LogP contribution < -0.4 is 0 Å². The molecule has 2 fully saturated rings. The summed E-state index contributed by atoms with van der Waals surface area (Å²) >= 11 is 0. The summed E-state index contributed by atoms with van der Waals surface area (Å²) in [4.78, 5) is 26.4. The van der Waals surface area contributed by atoms with Crippen LogP contribution >= 0.6 is 0 Å². The van der Waals surface area contributed by atoms with Gasteiger partial charge in [0.05, 0.1) is 13.2 Å². The largest absolute Gasteiger partial charge is 0.479 e. The molecule has 1 saturated carbocycles. The van der Waals surface area contributed by atoms with Crippen LogP contribution in [0.4, 0.5) is 4.79 Å². The van der Waals surface area contributed by atoms with Crippen molar-refractivity contribution >= 4 is 12.0 Å². The van der Waals surface area contributed by atoms with Gasteiger partial charge in [0.15, 0.2) is 6.10 Å². The number of carboxylic acid groups (broad SMARTS) is 1. The standard InChI is InChI=1S/C12H20N2O4/c1-8(9-3-4-9)13(2)12(17)14-5-6-18-10(7-14)11(15)16/h8-10H,3-7H2,1-2H3,(H,15,16). The maximum absolute atomic E-state index is 12.2. The maximum atomic E-state index is 12.2. The molecule has 1 heterocycles. The Morgan fingerprint density at radius 3 is 2.67 bits per heavy atom. The normalized spacial score (nSPS) is 25.7. The average Bonchev–Trinajstić information content (AvgIpc) is 3.20. The lowest BCUT2D eigenvalue weighted by Crippen LogP contribution is -2.53. The summed E-state index contributed by atoms with van der Waals surface area (Å²) in [5.74, 6) is -0.402. The van der Waals surface area contributed by atoms with Crippen LogP contribution in [-0.4, -0.2) is 65.8 Å². The molecule has 2 aliphatic rings. The van der Waals surface area contributed by atoms with E-state index < -0.39 is 12.1 Å². The number of hydrogen-bond acceptors (Lipinski definition) is 3. The van der Waals surface area contributed by atoms with Crippen molar-refractivity contribution in [2.45, 2.75) is 31.9 Å². The highest BCUT2D eigenvalue weighted by molar-refractivity contribution is 5.77. The lowest BCUT2D eigenvalue weighted by atomic mass is 10.2. The number of urea groups is 1. The molecule has 0 aromatic carbocycles. The second kappa shape index (κ2) is 5.14. The van der Waals surface area contributed by atoms with Gasteiger partial charge in [-0.15, -0.1) is 0 Å². The van der Waals surface area contributed by atoms with Crippen molar-refractivity contribution in [1.29, 1.82) is 0 Å². The summed E-state index contributed by atoms with van der Waals surface area (Å²) in [6, 6.07) is 0.132. The highest BCUT2D eigenvalue weighted by Crippen LogP contribution is 2.35. The van der Waals surface area contributed by atoms with Gasteiger partial charge in [0.1, 0.15) is 0 Å². The molecule has 0 radical (unpaired) electrons. The van der Waals surface area contributed by atoms with Crippen molar-refractivity contribution in [3.63, 3.8) is 0 Å². The van der Waals surface area contributed by atoms with Gasteiger partial charge in [-0.3, -0.25) is 0 Å². The van der Waals surface area contributed by atoms with E-state index >= 15 is 0 Å². The van der Waals surface area contributed by atoms with E-state index in [4.69, 9.17) is 9.84 Å². The number of morpholine rings is 1. The second-order valence-corrected chi connectivity index (χ2v) is 5.12. The fourth-order valence-corrected chi connectivity index (χ4v) is 2.26. The molecule has 6 heteroatoms. The molecule has 0 aromatic heterocycles.